The van der Waals surface area contributed by atoms with E-state index >= 15 is 0 Å². The molecule has 21 heavy (non-hydrogen) atoms. The number of benzene rings is 2. The van der Waals surface area contributed by atoms with Gasteiger partial charge in [0.2, 0.25) is 5.75 Å². The first kappa shape index (κ1) is 15.2. The van der Waals surface area contributed by atoms with Crippen LogP contribution in [0.3, 0.4) is 0 Å². The molecule has 2 rings (SSSR count). The van der Waals surface area contributed by atoms with Crippen molar-refractivity contribution in [3.05, 3.63) is 53.6 Å². The molecule has 1 unspecified atom stereocenters. The maximum atomic E-state index is 9.71. The van der Waals surface area contributed by atoms with Gasteiger partial charge in [-0.15, -0.1) is 0 Å². The Morgan fingerprint density at radius 3 is 2.38 bits per heavy atom. The quantitative estimate of drug-likeness (QED) is 0.486. The van der Waals surface area contributed by atoms with Gasteiger partial charge in [0, 0.05) is 12.1 Å². The molecule has 0 aromatic heterocycles. The molecular formula is C17H21NO3. The molecule has 0 spiro atoms. The molecular weight excluding hydrogens is 266 g/mol. The van der Waals surface area contributed by atoms with Crippen molar-refractivity contribution < 1.29 is 15.3 Å². The highest BCUT2D eigenvalue weighted by atomic mass is 16.3. The van der Waals surface area contributed by atoms with Gasteiger partial charge in [-0.1, -0.05) is 43.3 Å². The Labute approximate surface area is 124 Å². The lowest BCUT2D eigenvalue weighted by Crippen LogP contribution is -2.16. The third-order valence-electron chi connectivity index (χ3n) is 3.65. The fraction of sp³-hybridized carbons (Fsp3) is 0.294. The number of rotatable bonds is 6. The first-order valence-electron chi connectivity index (χ1n) is 7.08. The number of hydrogen-bond acceptors (Lipinski definition) is 4. The fourth-order valence-electron chi connectivity index (χ4n) is 2.24. The average molecular weight is 287 g/mol. The van der Waals surface area contributed by atoms with Gasteiger partial charge in [-0.25, -0.2) is 0 Å². The number of aromatic hydroxyl groups is 3. The molecule has 2 aromatic rings. The normalized spacial score (nSPS) is 12.2. The van der Waals surface area contributed by atoms with E-state index in [2.05, 4.69) is 24.4 Å². The SMILES string of the molecule is CC(CCNCc1ccc(O)c(O)c1O)c1ccccc1. The van der Waals surface area contributed by atoms with Crippen LogP contribution in [0.2, 0.25) is 0 Å². The zero-order chi connectivity index (χ0) is 15.2. The Bertz CT molecular complexity index is 584. The maximum absolute atomic E-state index is 9.71. The van der Waals surface area contributed by atoms with E-state index in [1.165, 1.54) is 11.6 Å². The Kier molecular flexibility index (Phi) is 5.06. The summed E-state index contributed by atoms with van der Waals surface area (Å²) in [7, 11) is 0. The summed E-state index contributed by atoms with van der Waals surface area (Å²) in [6.07, 6.45) is 0.981. The number of phenolic OH excluding ortho intramolecular Hbond substituents is 3. The number of phenols is 3. The van der Waals surface area contributed by atoms with Crippen molar-refractivity contribution in [3.8, 4) is 17.2 Å². The lowest BCUT2D eigenvalue weighted by atomic mass is 9.98. The molecule has 0 radical (unpaired) electrons. The summed E-state index contributed by atoms with van der Waals surface area (Å²) in [6.45, 7) is 3.43. The monoisotopic (exact) mass is 287 g/mol. The molecule has 0 aliphatic carbocycles. The van der Waals surface area contributed by atoms with Gasteiger partial charge in [-0.05, 0) is 30.5 Å². The smallest absolute Gasteiger partial charge is 0.200 e. The van der Waals surface area contributed by atoms with E-state index in [9.17, 15) is 15.3 Å². The van der Waals surface area contributed by atoms with Gasteiger partial charge in [-0.2, -0.15) is 0 Å². The van der Waals surface area contributed by atoms with E-state index in [0.29, 0.717) is 18.0 Å². The van der Waals surface area contributed by atoms with E-state index in [1.807, 2.05) is 18.2 Å². The van der Waals surface area contributed by atoms with Crippen LogP contribution < -0.4 is 5.32 Å². The van der Waals surface area contributed by atoms with Gasteiger partial charge >= 0.3 is 0 Å². The van der Waals surface area contributed by atoms with Crippen LogP contribution in [-0.4, -0.2) is 21.9 Å². The molecule has 0 aliphatic heterocycles. The average Bonchev–Trinajstić information content (AvgIpc) is 2.51. The number of nitrogens with one attached hydrogen (secondary N) is 1. The van der Waals surface area contributed by atoms with Gasteiger partial charge in [0.05, 0.1) is 0 Å². The van der Waals surface area contributed by atoms with Crippen LogP contribution in [0.4, 0.5) is 0 Å². The third kappa shape index (κ3) is 3.89. The Morgan fingerprint density at radius 2 is 1.67 bits per heavy atom. The lowest BCUT2D eigenvalue weighted by Gasteiger charge is -2.13. The summed E-state index contributed by atoms with van der Waals surface area (Å²) in [5.74, 6) is -0.583. The topological polar surface area (TPSA) is 72.7 Å². The minimum Gasteiger partial charge on any atom is -0.504 e. The first-order valence-corrected chi connectivity index (χ1v) is 7.08. The van der Waals surface area contributed by atoms with E-state index in [1.54, 1.807) is 6.07 Å². The zero-order valence-corrected chi connectivity index (χ0v) is 12.1. The van der Waals surface area contributed by atoms with Crippen molar-refractivity contribution in [2.75, 3.05) is 6.54 Å². The highest BCUT2D eigenvalue weighted by Crippen LogP contribution is 2.36. The summed E-state index contributed by atoms with van der Waals surface area (Å²) in [6, 6.07) is 13.3. The van der Waals surface area contributed by atoms with Crippen molar-refractivity contribution in [1.82, 2.24) is 5.32 Å². The van der Waals surface area contributed by atoms with Crippen molar-refractivity contribution >= 4 is 0 Å². The van der Waals surface area contributed by atoms with Crippen LogP contribution in [0.25, 0.3) is 0 Å². The molecule has 0 saturated carbocycles. The minimum absolute atomic E-state index is 0.265. The summed E-state index contributed by atoms with van der Waals surface area (Å²) >= 11 is 0. The largest absolute Gasteiger partial charge is 0.504 e. The van der Waals surface area contributed by atoms with Crippen molar-refractivity contribution in [3.63, 3.8) is 0 Å². The molecule has 0 saturated heterocycles. The molecule has 2 aromatic carbocycles. The molecule has 4 nitrogen and oxygen atoms in total. The summed E-state index contributed by atoms with van der Waals surface area (Å²) in [5, 5.41) is 31.7. The van der Waals surface area contributed by atoms with Gasteiger partial charge in [0.1, 0.15) is 0 Å². The zero-order valence-electron chi connectivity index (χ0n) is 12.1. The lowest BCUT2D eigenvalue weighted by molar-refractivity contribution is 0.364. The molecule has 4 N–H and O–H groups in total. The summed E-state index contributed by atoms with van der Waals surface area (Å²) in [5.41, 5.74) is 1.88. The van der Waals surface area contributed by atoms with Gasteiger partial charge in [0.25, 0.3) is 0 Å². The van der Waals surface area contributed by atoms with Gasteiger partial charge < -0.3 is 20.6 Å². The van der Waals surface area contributed by atoms with E-state index in [4.69, 9.17) is 0 Å². The predicted molar refractivity (Wildman–Crippen MR) is 82.6 cm³/mol. The Morgan fingerprint density at radius 1 is 0.952 bits per heavy atom. The van der Waals surface area contributed by atoms with E-state index in [0.717, 1.165) is 13.0 Å². The van der Waals surface area contributed by atoms with Crippen molar-refractivity contribution in [2.24, 2.45) is 0 Å². The van der Waals surface area contributed by atoms with Crippen LogP contribution in [0.15, 0.2) is 42.5 Å². The van der Waals surface area contributed by atoms with Crippen molar-refractivity contribution in [1.29, 1.82) is 0 Å². The van der Waals surface area contributed by atoms with Crippen LogP contribution in [-0.2, 0) is 6.54 Å². The Balaban J connectivity index is 1.81. The Hall–Kier alpha value is -2.20. The highest BCUT2D eigenvalue weighted by Gasteiger charge is 2.10. The highest BCUT2D eigenvalue weighted by molar-refractivity contribution is 5.52. The predicted octanol–water partition coefficient (Wildman–Crippen LogP) is 3.09. The van der Waals surface area contributed by atoms with E-state index < -0.39 is 5.75 Å². The van der Waals surface area contributed by atoms with E-state index in [-0.39, 0.29) is 11.5 Å². The molecule has 0 heterocycles. The maximum Gasteiger partial charge on any atom is 0.200 e. The van der Waals surface area contributed by atoms with Crippen LogP contribution in [0.5, 0.6) is 17.2 Å². The first-order chi connectivity index (χ1) is 10.1. The second kappa shape index (κ2) is 6.99. The van der Waals surface area contributed by atoms with Crippen molar-refractivity contribution in [2.45, 2.75) is 25.8 Å². The summed E-state index contributed by atoms with van der Waals surface area (Å²) < 4.78 is 0. The van der Waals surface area contributed by atoms with Gasteiger partial charge in [0.15, 0.2) is 11.5 Å². The molecule has 1 atom stereocenters. The third-order valence-corrected chi connectivity index (χ3v) is 3.65. The molecule has 4 heteroatoms. The number of hydrogen-bond donors (Lipinski definition) is 4. The molecule has 0 aliphatic rings. The minimum atomic E-state index is -0.466. The standard InChI is InChI=1S/C17H21NO3/c1-12(13-5-3-2-4-6-13)9-10-18-11-14-7-8-15(19)17(21)16(14)20/h2-8,12,18-21H,9-11H2,1H3. The molecule has 0 amide bonds. The second-order valence-corrected chi connectivity index (χ2v) is 5.22. The van der Waals surface area contributed by atoms with Gasteiger partial charge in [-0.3, -0.25) is 0 Å². The molecule has 0 fully saturated rings. The molecule has 0 bridgehead atoms. The summed E-state index contributed by atoms with van der Waals surface area (Å²) in [4.78, 5) is 0. The molecule has 112 valence electrons. The van der Waals surface area contributed by atoms with Crippen LogP contribution in [0, 0.1) is 0 Å². The fourth-order valence-corrected chi connectivity index (χ4v) is 2.24. The second-order valence-electron chi connectivity index (χ2n) is 5.22. The van der Waals surface area contributed by atoms with Crippen LogP contribution >= 0.6 is 0 Å². The van der Waals surface area contributed by atoms with Crippen LogP contribution in [0.1, 0.15) is 30.4 Å².